The molecule has 3 unspecified atom stereocenters. The van der Waals surface area contributed by atoms with E-state index >= 15 is 0 Å². The van der Waals surface area contributed by atoms with E-state index in [1.807, 2.05) is 91.0 Å². The number of aliphatic hydroxyl groups is 1. The molecule has 0 saturated heterocycles. The van der Waals surface area contributed by atoms with E-state index in [1.165, 1.54) is 7.11 Å². The molecule has 0 aliphatic carbocycles. The van der Waals surface area contributed by atoms with Crippen LogP contribution in [0.25, 0.3) is 0 Å². The van der Waals surface area contributed by atoms with Crippen LogP contribution in [0.5, 0.6) is 0 Å². The molecule has 3 rings (SSSR count). The standard InChI is InChI=1S/C58H85N7O11/c1-37(2)49(62-46(66)30-20-13-23-33-59-58(74)76-36-43-28-18-12-19-29-43)56(72)64-51(39(5)6)54(70)60-44(34-41-24-14-10-15-25-41)53(69)45(35-42-26-16-11-17-27-42)61-55(71)52(40(7)8)65-57(73)50(38(3)4)63-47(67)31-21-22-32-48(68)75-9/h10-12,14-19,24-29,37-40,44-45,49-53,69H,13,20-23,30-36H2,1-9H3,(H,59,74)(H,60,70)(H,61,71)(H,62,66)(H,63,67)(H,64,72)(H,65,73)/t44?,45?,49-,50-,51-,52-,53?/m0/s1. The second-order valence-corrected chi connectivity index (χ2v) is 20.7. The van der Waals surface area contributed by atoms with Gasteiger partial charge in [-0.1, -0.05) is 153 Å². The summed E-state index contributed by atoms with van der Waals surface area (Å²) in [5.74, 6) is -4.95. The summed E-state index contributed by atoms with van der Waals surface area (Å²) in [4.78, 5) is 107. The molecule has 0 heterocycles. The Kier molecular flexibility index (Phi) is 28.4. The molecule has 0 aliphatic rings. The van der Waals surface area contributed by atoms with E-state index in [-0.39, 0.29) is 68.3 Å². The van der Waals surface area contributed by atoms with Gasteiger partial charge in [-0.05, 0) is 78.9 Å². The largest absolute Gasteiger partial charge is 0.469 e. The molecule has 0 fully saturated rings. The fraction of sp³-hybridized carbons (Fsp3) is 0.552. The third kappa shape index (κ3) is 23.4. The third-order valence-corrected chi connectivity index (χ3v) is 12.9. The predicted molar refractivity (Wildman–Crippen MR) is 291 cm³/mol. The topological polar surface area (TPSA) is 259 Å². The van der Waals surface area contributed by atoms with Gasteiger partial charge in [-0.2, -0.15) is 0 Å². The van der Waals surface area contributed by atoms with Crippen LogP contribution in [0, 0.1) is 23.7 Å². The zero-order chi connectivity index (χ0) is 56.2. The number of alkyl carbamates (subject to hydrolysis) is 1. The van der Waals surface area contributed by atoms with Gasteiger partial charge >= 0.3 is 12.1 Å². The number of rotatable bonds is 33. The molecule has 0 spiro atoms. The summed E-state index contributed by atoms with van der Waals surface area (Å²) in [6, 6.07) is 21.6. The van der Waals surface area contributed by atoms with Gasteiger partial charge in [-0.15, -0.1) is 0 Å². The average molecular weight is 1060 g/mol. The van der Waals surface area contributed by atoms with Crippen LogP contribution in [-0.4, -0.2) is 109 Å². The fourth-order valence-electron chi connectivity index (χ4n) is 8.40. The highest BCUT2D eigenvalue weighted by Gasteiger charge is 2.37. The molecule has 3 aromatic carbocycles. The van der Waals surface area contributed by atoms with Crippen molar-refractivity contribution >= 4 is 47.5 Å². The van der Waals surface area contributed by atoms with Crippen molar-refractivity contribution in [2.75, 3.05) is 13.7 Å². The molecule has 0 radical (unpaired) electrons. The van der Waals surface area contributed by atoms with Crippen LogP contribution in [0.3, 0.4) is 0 Å². The first-order valence-electron chi connectivity index (χ1n) is 26.8. The summed E-state index contributed by atoms with van der Waals surface area (Å²) in [5, 5.41) is 32.6. The van der Waals surface area contributed by atoms with Gasteiger partial charge in [0.2, 0.25) is 35.4 Å². The maximum Gasteiger partial charge on any atom is 0.407 e. The van der Waals surface area contributed by atoms with Crippen molar-refractivity contribution < 1.29 is 52.9 Å². The lowest BCUT2D eigenvalue weighted by atomic mass is 9.91. The van der Waals surface area contributed by atoms with E-state index in [4.69, 9.17) is 4.74 Å². The number of esters is 1. The molecule has 18 nitrogen and oxygen atoms in total. The maximum absolute atomic E-state index is 14.5. The van der Waals surface area contributed by atoms with Gasteiger partial charge in [-0.25, -0.2) is 4.79 Å². The van der Waals surface area contributed by atoms with E-state index in [2.05, 4.69) is 42.0 Å². The van der Waals surface area contributed by atoms with Crippen LogP contribution in [-0.2, 0) is 62.5 Å². The lowest BCUT2D eigenvalue weighted by molar-refractivity contribution is -0.141. The van der Waals surface area contributed by atoms with Gasteiger partial charge < -0.3 is 51.8 Å². The Morgan fingerprint density at radius 3 is 1.20 bits per heavy atom. The lowest BCUT2D eigenvalue weighted by Crippen LogP contribution is -2.63. The molecule has 3 aromatic rings. The van der Waals surface area contributed by atoms with Gasteiger partial charge in [0.25, 0.3) is 0 Å². The number of methoxy groups -OCH3 is 1. The number of amides is 7. The number of carbonyl (C=O) groups is 8. The van der Waals surface area contributed by atoms with Crippen molar-refractivity contribution in [3.05, 3.63) is 108 Å². The number of nitrogens with one attached hydrogen (secondary N) is 7. The van der Waals surface area contributed by atoms with Crippen LogP contribution in [0.1, 0.15) is 123 Å². The molecule has 0 saturated carbocycles. The summed E-state index contributed by atoms with van der Waals surface area (Å²) in [5.41, 5.74) is 2.43. The highest BCUT2D eigenvalue weighted by atomic mass is 16.5. The summed E-state index contributed by atoms with van der Waals surface area (Å²) >= 11 is 0. The minimum atomic E-state index is -1.42. The van der Waals surface area contributed by atoms with Gasteiger partial charge in [-0.3, -0.25) is 33.6 Å². The van der Waals surface area contributed by atoms with Gasteiger partial charge in [0.15, 0.2) is 0 Å². The van der Waals surface area contributed by atoms with Crippen LogP contribution in [0.15, 0.2) is 91.0 Å². The highest BCUT2D eigenvalue weighted by Crippen LogP contribution is 2.17. The molecule has 76 heavy (non-hydrogen) atoms. The van der Waals surface area contributed by atoms with E-state index in [0.717, 1.165) is 16.7 Å². The van der Waals surface area contributed by atoms with Crippen molar-refractivity contribution in [3.63, 3.8) is 0 Å². The Balaban J connectivity index is 1.75. The second kappa shape index (κ2) is 34.0. The number of benzene rings is 3. The van der Waals surface area contributed by atoms with Crippen LogP contribution < -0.4 is 37.2 Å². The predicted octanol–water partition coefficient (Wildman–Crippen LogP) is 5.59. The average Bonchev–Trinajstić information content (AvgIpc) is 3.39. The first-order chi connectivity index (χ1) is 36.2. The molecule has 0 aromatic heterocycles. The molecule has 418 valence electrons. The number of carbonyl (C=O) groups excluding carboxylic acids is 8. The molecule has 7 atom stereocenters. The highest BCUT2D eigenvalue weighted by molar-refractivity contribution is 5.93. The summed E-state index contributed by atoms with van der Waals surface area (Å²) < 4.78 is 9.91. The number of aliphatic hydroxyl groups excluding tert-OH is 1. The van der Waals surface area contributed by atoms with Crippen molar-refractivity contribution in [3.8, 4) is 0 Å². The number of hydrogen-bond donors (Lipinski definition) is 8. The Morgan fingerprint density at radius 1 is 0.447 bits per heavy atom. The van der Waals surface area contributed by atoms with E-state index in [9.17, 15) is 43.5 Å². The molecular weight excluding hydrogens is 971 g/mol. The van der Waals surface area contributed by atoms with Crippen molar-refractivity contribution in [2.24, 2.45) is 23.7 Å². The van der Waals surface area contributed by atoms with Gasteiger partial charge in [0.05, 0.1) is 25.3 Å². The second-order valence-electron chi connectivity index (χ2n) is 20.7. The van der Waals surface area contributed by atoms with Crippen LogP contribution >= 0.6 is 0 Å². The van der Waals surface area contributed by atoms with Crippen molar-refractivity contribution in [2.45, 2.75) is 169 Å². The Hall–Kier alpha value is -6.82. The molecule has 0 bridgehead atoms. The Labute approximate surface area is 449 Å². The van der Waals surface area contributed by atoms with E-state index in [1.54, 1.807) is 55.4 Å². The van der Waals surface area contributed by atoms with Gasteiger partial charge in [0.1, 0.15) is 30.8 Å². The minimum absolute atomic E-state index is 0.0856. The zero-order valence-corrected chi connectivity index (χ0v) is 46.0. The maximum atomic E-state index is 14.5. The molecule has 8 N–H and O–H groups in total. The first-order valence-corrected chi connectivity index (χ1v) is 26.8. The summed E-state index contributed by atoms with van der Waals surface area (Å²) in [6.07, 6.45) is 1.35. The number of unbranched alkanes of at least 4 members (excludes halogenated alkanes) is 3. The molecule has 18 heteroatoms. The molecule has 0 aliphatic heterocycles. The Bertz CT molecular complexity index is 2260. The number of hydrogen-bond acceptors (Lipinski definition) is 11. The van der Waals surface area contributed by atoms with Crippen molar-refractivity contribution in [1.82, 2.24) is 37.2 Å². The monoisotopic (exact) mass is 1060 g/mol. The lowest BCUT2D eigenvalue weighted by Gasteiger charge is -2.35. The van der Waals surface area contributed by atoms with Crippen LogP contribution in [0.4, 0.5) is 4.79 Å². The minimum Gasteiger partial charge on any atom is -0.469 e. The zero-order valence-electron chi connectivity index (χ0n) is 46.0. The molecular formula is C58H85N7O11. The van der Waals surface area contributed by atoms with Crippen LogP contribution in [0.2, 0.25) is 0 Å². The van der Waals surface area contributed by atoms with E-state index in [0.29, 0.717) is 38.6 Å². The number of ether oxygens (including phenoxy) is 2. The summed E-state index contributed by atoms with van der Waals surface area (Å²) in [6.45, 7) is 14.8. The SMILES string of the molecule is COC(=O)CCCCC(=O)N[C@H](C(=O)N[C@H](C(=O)NC(Cc1ccccc1)C(O)C(Cc1ccccc1)NC(=O)[C@@H](NC(=O)[C@@H](NC(=O)CCCCCNC(=O)OCc1ccccc1)C(C)C)C(C)C)C(C)C)C(C)C. The quantitative estimate of drug-likeness (QED) is 0.0276. The Morgan fingerprint density at radius 2 is 0.803 bits per heavy atom. The fourth-order valence-corrected chi connectivity index (χ4v) is 8.40. The van der Waals surface area contributed by atoms with Gasteiger partial charge in [0, 0.05) is 25.8 Å². The third-order valence-electron chi connectivity index (χ3n) is 12.9. The normalized spacial score (nSPS) is 14.0. The molecule has 7 amide bonds. The van der Waals surface area contributed by atoms with Crippen molar-refractivity contribution in [1.29, 1.82) is 0 Å². The smallest absolute Gasteiger partial charge is 0.407 e. The summed E-state index contributed by atoms with van der Waals surface area (Å²) in [7, 11) is 1.30. The van der Waals surface area contributed by atoms with E-state index < -0.39 is 83.9 Å². The first kappa shape index (κ1) is 63.5.